The van der Waals surface area contributed by atoms with E-state index in [0.29, 0.717) is 0 Å². The summed E-state index contributed by atoms with van der Waals surface area (Å²) < 4.78 is 25.9. The molecule has 2 rings (SSSR count). The van der Waals surface area contributed by atoms with Gasteiger partial charge >= 0.3 is 0 Å². The third kappa shape index (κ3) is 2.24. The molecule has 0 amide bonds. The van der Waals surface area contributed by atoms with Gasteiger partial charge in [-0.25, -0.2) is 8.42 Å². The van der Waals surface area contributed by atoms with Gasteiger partial charge < -0.3 is 0 Å². The smallest absolute Gasteiger partial charge is 0.263 e. The van der Waals surface area contributed by atoms with Crippen molar-refractivity contribution >= 4 is 15.8 Å². The van der Waals surface area contributed by atoms with Crippen molar-refractivity contribution in [1.29, 1.82) is 5.26 Å². The number of pyridine rings is 1. The molecule has 0 atom stereocenters. The van der Waals surface area contributed by atoms with Crippen LogP contribution < -0.4 is 4.72 Å². The standard InChI is InChI=1S/C9H7N5O2S/c10-4-7-5-12-13-9(7)14-17(15,16)8-2-1-3-11-6-8/h1-3,5-6H,(H2,12,13,14). The summed E-state index contributed by atoms with van der Waals surface area (Å²) in [4.78, 5) is 3.73. The molecule has 0 radical (unpaired) electrons. The SMILES string of the molecule is N#Cc1cn[nH]c1NS(=O)(=O)c1cccnc1. The fourth-order valence-corrected chi connectivity index (χ4v) is 2.15. The van der Waals surface area contributed by atoms with Gasteiger partial charge in [-0.15, -0.1) is 0 Å². The van der Waals surface area contributed by atoms with Crippen LogP contribution in [0, 0.1) is 11.3 Å². The van der Waals surface area contributed by atoms with Gasteiger partial charge in [0.25, 0.3) is 10.0 Å². The zero-order valence-electron chi connectivity index (χ0n) is 8.45. The number of nitrogens with one attached hydrogen (secondary N) is 2. The summed E-state index contributed by atoms with van der Waals surface area (Å²) in [6.07, 6.45) is 3.92. The molecule has 0 aromatic carbocycles. The maximum Gasteiger partial charge on any atom is 0.264 e. The molecule has 0 aliphatic heterocycles. The molecule has 0 spiro atoms. The Kier molecular flexibility index (Phi) is 2.76. The minimum Gasteiger partial charge on any atom is -0.263 e. The molecular formula is C9H7N5O2S. The first-order valence-electron chi connectivity index (χ1n) is 4.50. The number of aromatic nitrogens is 3. The van der Waals surface area contributed by atoms with Crippen molar-refractivity contribution in [2.75, 3.05) is 4.72 Å². The molecule has 2 N–H and O–H groups in total. The summed E-state index contributed by atoms with van der Waals surface area (Å²) >= 11 is 0. The Morgan fingerprint density at radius 1 is 1.41 bits per heavy atom. The number of H-pyrrole nitrogens is 1. The quantitative estimate of drug-likeness (QED) is 0.821. The zero-order chi connectivity index (χ0) is 12.3. The van der Waals surface area contributed by atoms with E-state index in [1.165, 1.54) is 30.7 Å². The first-order chi connectivity index (χ1) is 8.13. The van der Waals surface area contributed by atoms with Gasteiger partial charge in [0.15, 0.2) is 5.82 Å². The second kappa shape index (κ2) is 4.23. The number of hydrogen-bond acceptors (Lipinski definition) is 5. The minimum absolute atomic E-state index is 0.0125. The molecule has 0 saturated heterocycles. The number of hydrogen-bond donors (Lipinski definition) is 2. The first-order valence-corrected chi connectivity index (χ1v) is 5.98. The highest BCUT2D eigenvalue weighted by atomic mass is 32.2. The van der Waals surface area contributed by atoms with Crippen molar-refractivity contribution in [3.05, 3.63) is 36.3 Å². The molecule has 0 aliphatic rings. The summed E-state index contributed by atoms with van der Waals surface area (Å²) in [6.45, 7) is 0. The number of nitrogens with zero attached hydrogens (tertiary/aromatic N) is 3. The van der Waals surface area contributed by atoms with E-state index < -0.39 is 10.0 Å². The van der Waals surface area contributed by atoms with Gasteiger partial charge in [0.2, 0.25) is 0 Å². The highest BCUT2D eigenvalue weighted by molar-refractivity contribution is 7.92. The lowest BCUT2D eigenvalue weighted by Crippen LogP contribution is -2.14. The van der Waals surface area contributed by atoms with Crippen molar-refractivity contribution < 1.29 is 8.42 Å². The monoisotopic (exact) mass is 249 g/mol. The summed E-state index contributed by atoms with van der Waals surface area (Å²) in [7, 11) is -3.75. The third-order valence-electron chi connectivity index (χ3n) is 1.94. The fourth-order valence-electron chi connectivity index (χ4n) is 1.15. The molecule has 17 heavy (non-hydrogen) atoms. The normalized spacial score (nSPS) is 10.8. The molecule has 2 heterocycles. The van der Waals surface area contributed by atoms with Gasteiger partial charge in [-0.05, 0) is 12.1 Å². The summed E-state index contributed by atoms with van der Waals surface area (Å²) in [5, 5.41) is 14.7. The van der Waals surface area contributed by atoms with Crippen LogP contribution in [-0.2, 0) is 10.0 Å². The van der Waals surface area contributed by atoms with Crippen LogP contribution in [0.15, 0.2) is 35.6 Å². The van der Waals surface area contributed by atoms with E-state index in [2.05, 4.69) is 19.9 Å². The van der Waals surface area contributed by atoms with Gasteiger partial charge in [0.1, 0.15) is 16.5 Å². The predicted octanol–water partition coefficient (Wildman–Crippen LogP) is 0.477. The third-order valence-corrected chi connectivity index (χ3v) is 3.28. The lowest BCUT2D eigenvalue weighted by atomic mass is 10.4. The highest BCUT2D eigenvalue weighted by Crippen LogP contribution is 2.15. The average molecular weight is 249 g/mol. The Labute approximate surface area is 97.2 Å². The second-order valence-corrected chi connectivity index (χ2v) is 4.75. The minimum atomic E-state index is -3.75. The zero-order valence-corrected chi connectivity index (χ0v) is 9.27. The number of sulfonamides is 1. The Hall–Kier alpha value is -2.40. The van der Waals surface area contributed by atoms with Crippen LogP contribution in [0.3, 0.4) is 0 Å². The van der Waals surface area contributed by atoms with Crippen molar-refractivity contribution in [3.8, 4) is 6.07 Å². The van der Waals surface area contributed by atoms with Crippen molar-refractivity contribution in [3.63, 3.8) is 0 Å². The van der Waals surface area contributed by atoms with E-state index in [9.17, 15) is 8.42 Å². The Bertz CT molecular complexity index is 656. The fraction of sp³-hybridized carbons (Fsp3) is 0. The lowest BCUT2D eigenvalue weighted by Gasteiger charge is -2.05. The van der Waals surface area contributed by atoms with Gasteiger partial charge in [-0.2, -0.15) is 10.4 Å². The molecule has 8 heteroatoms. The van der Waals surface area contributed by atoms with Crippen LogP contribution in [0.5, 0.6) is 0 Å². The van der Waals surface area contributed by atoms with Crippen LogP contribution in [-0.4, -0.2) is 23.6 Å². The van der Waals surface area contributed by atoms with E-state index in [-0.39, 0.29) is 16.3 Å². The molecule has 0 saturated carbocycles. The highest BCUT2D eigenvalue weighted by Gasteiger charge is 2.17. The van der Waals surface area contributed by atoms with E-state index in [4.69, 9.17) is 5.26 Å². The molecular weight excluding hydrogens is 242 g/mol. The maximum absolute atomic E-state index is 11.9. The van der Waals surface area contributed by atoms with Gasteiger partial charge in [0.05, 0.1) is 6.20 Å². The first kappa shape index (κ1) is 11.1. The van der Waals surface area contributed by atoms with Crippen LogP contribution in [0.1, 0.15) is 5.56 Å². The lowest BCUT2D eigenvalue weighted by molar-refractivity contribution is 0.600. The topological polar surface area (TPSA) is 112 Å². The molecule has 86 valence electrons. The second-order valence-electron chi connectivity index (χ2n) is 3.06. The molecule has 0 unspecified atom stereocenters. The van der Waals surface area contributed by atoms with Gasteiger partial charge in [-0.3, -0.25) is 14.8 Å². The van der Waals surface area contributed by atoms with Crippen LogP contribution in [0.25, 0.3) is 0 Å². The van der Waals surface area contributed by atoms with Crippen molar-refractivity contribution in [2.45, 2.75) is 4.90 Å². The summed E-state index contributed by atoms with van der Waals surface area (Å²) in [5.41, 5.74) is 0.123. The number of nitriles is 1. The summed E-state index contributed by atoms with van der Waals surface area (Å²) in [6, 6.07) is 4.72. The molecule has 2 aromatic rings. The summed E-state index contributed by atoms with van der Waals surface area (Å²) in [5.74, 6) is 0.0383. The maximum atomic E-state index is 11.9. The Morgan fingerprint density at radius 2 is 2.24 bits per heavy atom. The average Bonchev–Trinajstić information content (AvgIpc) is 2.77. The van der Waals surface area contributed by atoms with Crippen LogP contribution in [0.2, 0.25) is 0 Å². The largest absolute Gasteiger partial charge is 0.264 e. The van der Waals surface area contributed by atoms with Crippen LogP contribution >= 0.6 is 0 Å². The van der Waals surface area contributed by atoms with Crippen molar-refractivity contribution in [2.24, 2.45) is 0 Å². The van der Waals surface area contributed by atoms with Crippen molar-refractivity contribution in [1.82, 2.24) is 15.2 Å². The molecule has 7 nitrogen and oxygen atoms in total. The van der Waals surface area contributed by atoms with Crippen LogP contribution in [0.4, 0.5) is 5.82 Å². The molecule has 0 aliphatic carbocycles. The molecule has 2 aromatic heterocycles. The number of anilines is 1. The molecule has 0 bridgehead atoms. The van der Waals surface area contributed by atoms with E-state index in [1.807, 2.05) is 6.07 Å². The number of aromatic amines is 1. The molecule has 0 fully saturated rings. The van der Waals surface area contributed by atoms with E-state index >= 15 is 0 Å². The Balaban J connectivity index is 2.34. The van der Waals surface area contributed by atoms with E-state index in [1.54, 1.807) is 0 Å². The van der Waals surface area contributed by atoms with E-state index in [0.717, 1.165) is 0 Å². The Morgan fingerprint density at radius 3 is 2.88 bits per heavy atom. The van der Waals surface area contributed by atoms with Gasteiger partial charge in [0, 0.05) is 12.4 Å². The van der Waals surface area contributed by atoms with Gasteiger partial charge in [-0.1, -0.05) is 0 Å². The number of rotatable bonds is 3. The predicted molar refractivity (Wildman–Crippen MR) is 58.3 cm³/mol.